The first-order valence-corrected chi connectivity index (χ1v) is 7.29. The van der Waals surface area contributed by atoms with Crippen LogP contribution in [0.1, 0.15) is 29.2 Å². The number of hydrogen-bond acceptors (Lipinski definition) is 3. The minimum Gasteiger partial charge on any atom is -0.324 e. The second-order valence-electron chi connectivity index (χ2n) is 6.22. The third kappa shape index (κ3) is 3.37. The number of piperazine rings is 1. The van der Waals surface area contributed by atoms with Crippen molar-refractivity contribution in [3.63, 3.8) is 0 Å². The van der Waals surface area contributed by atoms with Gasteiger partial charge in [0, 0.05) is 37.3 Å². The summed E-state index contributed by atoms with van der Waals surface area (Å²) in [5, 5.41) is 0. The molecular weight excluding hydrogens is 253 g/mol. The van der Waals surface area contributed by atoms with E-state index in [4.69, 9.17) is 5.73 Å². The van der Waals surface area contributed by atoms with Crippen LogP contribution < -0.4 is 5.73 Å². The van der Waals surface area contributed by atoms with E-state index in [2.05, 4.69) is 23.9 Å². The minimum absolute atomic E-state index is 0.165. The highest BCUT2D eigenvalue weighted by atomic mass is 19.1. The van der Waals surface area contributed by atoms with Crippen LogP contribution >= 0.6 is 0 Å². The number of aryl methyl sites for hydroxylation is 2. The first-order valence-electron chi connectivity index (χ1n) is 7.29. The molecule has 1 aliphatic rings. The van der Waals surface area contributed by atoms with Crippen molar-refractivity contribution in [3.8, 4) is 0 Å². The number of nitrogens with two attached hydrogens (primary N) is 1. The van der Waals surface area contributed by atoms with Crippen molar-refractivity contribution in [3.05, 3.63) is 34.6 Å². The van der Waals surface area contributed by atoms with Crippen LogP contribution in [-0.2, 0) is 0 Å². The molecule has 4 heteroatoms. The average Bonchev–Trinajstić information content (AvgIpc) is 2.32. The zero-order valence-electron chi connectivity index (χ0n) is 13.0. The Morgan fingerprint density at radius 1 is 1.30 bits per heavy atom. The maximum atomic E-state index is 14.2. The smallest absolute Gasteiger partial charge is 0.128 e. The van der Waals surface area contributed by atoms with E-state index in [1.807, 2.05) is 19.9 Å². The molecule has 20 heavy (non-hydrogen) atoms. The SMILES string of the molecule is Cc1cc(C)c(C(N)CC2CN(C)CCN2C)c(F)c1. The topological polar surface area (TPSA) is 32.5 Å². The predicted molar refractivity (Wildman–Crippen MR) is 81.3 cm³/mol. The van der Waals surface area contributed by atoms with Gasteiger partial charge in [0.15, 0.2) is 0 Å². The molecule has 1 aliphatic heterocycles. The number of likely N-dealkylation sites (N-methyl/N-ethyl adjacent to an activating group) is 2. The maximum absolute atomic E-state index is 14.2. The first-order chi connectivity index (χ1) is 9.38. The lowest BCUT2D eigenvalue weighted by atomic mass is 9.93. The summed E-state index contributed by atoms with van der Waals surface area (Å²) in [6.45, 7) is 6.98. The number of nitrogens with zero attached hydrogens (tertiary/aromatic N) is 2. The van der Waals surface area contributed by atoms with Crippen LogP contribution in [0.15, 0.2) is 12.1 Å². The van der Waals surface area contributed by atoms with E-state index in [-0.39, 0.29) is 11.9 Å². The summed E-state index contributed by atoms with van der Waals surface area (Å²) in [7, 11) is 4.26. The molecule has 3 nitrogen and oxygen atoms in total. The lowest BCUT2D eigenvalue weighted by molar-refractivity contribution is 0.104. The Bertz CT molecular complexity index is 452. The zero-order chi connectivity index (χ0) is 14.9. The maximum Gasteiger partial charge on any atom is 0.128 e. The van der Waals surface area contributed by atoms with Crippen LogP contribution in [0, 0.1) is 19.7 Å². The Balaban J connectivity index is 2.13. The molecule has 0 radical (unpaired) electrons. The van der Waals surface area contributed by atoms with Gasteiger partial charge in [0.2, 0.25) is 0 Å². The van der Waals surface area contributed by atoms with Crippen LogP contribution in [-0.4, -0.2) is 49.6 Å². The van der Waals surface area contributed by atoms with E-state index in [1.54, 1.807) is 6.07 Å². The summed E-state index contributed by atoms with van der Waals surface area (Å²) in [5.41, 5.74) is 8.89. The second-order valence-corrected chi connectivity index (χ2v) is 6.22. The normalized spacial score (nSPS) is 23.0. The number of benzene rings is 1. The summed E-state index contributed by atoms with van der Waals surface area (Å²) in [4.78, 5) is 4.65. The lowest BCUT2D eigenvalue weighted by Gasteiger charge is -2.39. The summed E-state index contributed by atoms with van der Waals surface area (Å²) >= 11 is 0. The fraction of sp³-hybridized carbons (Fsp3) is 0.625. The van der Waals surface area contributed by atoms with Crippen molar-refractivity contribution in [2.24, 2.45) is 5.73 Å². The molecule has 0 amide bonds. The highest BCUT2D eigenvalue weighted by Gasteiger charge is 2.26. The van der Waals surface area contributed by atoms with Crippen LogP contribution in [0.5, 0.6) is 0 Å². The van der Waals surface area contributed by atoms with Gasteiger partial charge < -0.3 is 15.5 Å². The monoisotopic (exact) mass is 279 g/mol. The van der Waals surface area contributed by atoms with Gasteiger partial charge >= 0.3 is 0 Å². The molecule has 2 atom stereocenters. The Labute approximate surface area is 121 Å². The first kappa shape index (κ1) is 15.4. The summed E-state index contributed by atoms with van der Waals surface area (Å²) in [6, 6.07) is 3.74. The van der Waals surface area contributed by atoms with Crippen LogP contribution in [0.4, 0.5) is 4.39 Å². The molecule has 0 spiro atoms. The van der Waals surface area contributed by atoms with Crippen LogP contribution in [0.2, 0.25) is 0 Å². The largest absolute Gasteiger partial charge is 0.324 e. The van der Waals surface area contributed by atoms with E-state index < -0.39 is 0 Å². The summed E-state index contributed by atoms with van der Waals surface area (Å²) < 4.78 is 14.2. The molecule has 0 aliphatic carbocycles. The molecule has 112 valence electrons. The molecule has 1 aromatic rings. The second kappa shape index (κ2) is 6.20. The van der Waals surface area contributed by atoms with Crippen molar-refractivity contribution in [2.45, 2.75) is 32.4 Å². The molecular formula is C16H26FN3. The minimum atomic E-state index is -0.241. The Hall–Kier alpha value is -0.970. The molecule has 2 N–H and O–H groups in total. The van der Waals surface area contributed by atoms with E-state index in [1.165, 1.54) is 0 Å². The highest BCUT2D eigenvalue weighted by molar-refractivity contribution is 5.34. The Morgan fingerprint density at radius 3 is 2.65 bits per heavy atom. The van der Waals surface area contributed by atoms with Gasteiger partial charge in [0.1, 0.15) is 5.82 Å². The van der Waals surface area contributed by atoms with Crippen molar-refractivity contribution >= 4 is 0 Å². The van der Waals surface area contributed by atoms with Crippen molar-refractivity contribution < 1.29 is 4.39 Å². The van der Waals surface area contributed by atoms with Gasteiger partial charge in [0.05, 0.1) is 0 Å². The predicted octanol–water partition coefficient (Wildman–Crippen LogP) is 2.08. The molecule has 1 aromatic carbocycles. The molecule has 2 rings (SSSR count). The standard InChI is InChI=1S/C16H26FN3/c1-11-7-12(2)16(14(17)8-11)15(18)9-13-10-19(3)5-6-20(13)4/h7-8,13,15H,5-6,9-10,18H2,1-4H3. The molecule has 1 heterocycles. The van der Waals surface area contributed by atoms with Crippen LogP contribution in [0.25, 0.3) is 0 Å². The molecule has 0 bridgehead atoms. The summed E-state index contributed by atoms with van der Waals surface area (Å²) in [6.07, 6.45) is 0.793. The van der Waals surface area contributed by atoms with Crippen molar-refractivity contribution in [1.82, 2.24) is 9.80 Å². The summed E-state index contributed by atoms with van der Waals surface area (Å²) in [5.74, 6) is -0.165. The highest BCUT2D eigenvalue weighted by Crippen LogP contribution is 2.26. The molecule has 0 saturated carbocycles. The van der Waals surface area contributed by atoms with Crippen LogP contribution in [0.3, 0.4) is 0 Å². The quantitative estimate of drug-likeness (QED) is 0.919. The van der Waals surface area contributed by atoms with E-state index in [0.29, 0.717) is 11.6 Å². The fourth-order valence-electron chi connectivity index (χ4n) is 3.16. The number of halogens is 1. The zero-order valence-corrected chi connectivity index (χ0v) is 13.0. The number of rotatable bonds is 3. The van der Waals surface area contributed by atoms with Gasteiger partial charge in [-0.05, 0) is 51.6 Å². The van der Waals surface area contributed by atoms with Gasteiger partial charge in [-0.3, -0.25) is 0 Å². The number of hydrogen-bond donors (Lipinski definition) is 1. The fourth-order valence-corrected chi connectivity index (χ4v) is 3.16. The third-order valence-corrected chi connectivity index (χ3v) is 4.36. The van der Waals surface area contributed by atoms with Gasteiger partial charge in [-0.25, -0.2) is 4.39 Å². The van der Waals surface area contributed by atoms with Gasteiger partial charge in [-0.1, -0.05) is 6.07 Å². The molecule has 0 aromatic heterocycles. The molecule has 1 fully saturated rings. The molecule has 1 saturated heterocycles. The third-order valence-electron chi connectivity index (χ3n) is 4.36. The molecule has 2 unspecified atom stereocenters. The van der Waals surface area contributed by atoms with Gasteiger partial charge in [0.25, 0.3) is 0 Å². The van der Waals surface area contributed by atoms with Crippen molar-refractivity contribution in [1.29, 1.82) is 0 Å². The van der Waals surface area contributed by atoms with E-state index in [0.717, 1.165) is 37.2 Å². The van der Waals surface area contributed by atoms with Gasteiger partial charge in [-0.2, -0.15) is 0 Å². The Kier molecular flexibility index (Phi) is 4.78. The Morgan fingerprint density at radius 2 is 2.00 bits per heavy atom. The van der Waals surface area contributed by atoms with Crippen molar-refractivity contribution in [2.75, 3.05) is 33.7 Å². The van der Waals surface area contributed by atoms with E-state index >= 15 is 0 Å². The lowest BCUT2D eigenvalue weighted by Crippen LogP contribution is -2.50. The average molecular weight is 279 g/mol. The van der Waals surface area contributed by atoms with E-state index in [9.17, 15) is 4.39 Å². The van der Waals surface area contributed by atoms with Gasteiger partial charge in [-0.15, -0.1) is 0 Å².